The second-order valence-corrected chi connectivity index (χ2v) is 6.35. The van der Waals surface area contributed by atoms with E-state index in [4.69, 9.17) is 10.5 Å². The fourth-order valence-corrected chi connectivity index (χ4v) is 3.48. The van der Waals surface area contributed by atoms with Crippen LogP contribution in [0.3, 0.4) is 0 Å². The Bertz CT molecular complexity index is 628. The summed E-state index contributed by atoms with van der Waals surface area (Å²) >= 11 is 7.11. The Morgan fingerprint density at radius 2 is 1.89 bits per heavy atom. The van der Waals surface area contributed by atoms with Crippen molar-refractivity contribution in [1.29, 1.82) is 0 Å². The van der Waals surface area contributed by atoms with E-state index in [-0.39, 0.29) is 6.04 Å². The molecule has 3 rings (SSSR count). The van der Waals surface area contributed by atoms with Crippen LogP contribution in [0.15, 0.2) is 45.3 Å². The van der Waals surface area contributed by atoms with Crippen molar-refractivity contribution >= 4 is 31.9 Å². The van der Waals surface area contributed by atoms with Gasteiger partial charge in [0.05, 0.1) is 12.6 Å². The summed E-state index contributed by atoms with van der Waals surface area (Å²) in [7, 11) is 0. The molecule has 1 heterocycles. The summed E-state index contributed by atoms with van der Waals surface area (Å²) in [4.78, 5) is 0. The molecule has 0 spiro atoms. The highest BCUT2D eigenvalue weighted by Gasteiger charge is 2.23. The maximum Gasteiger partial charge on any atom is 0.127 e. The first-order valence-corrected chi connectivity index (χ1v) is 7.70. The third-order valence-corrected chi connectivity index (χ3v) is 4.53. The molecule has 2 aromatic carbocycles. The molecule has 0 aliphatic carbocycles. The maximum absolute atomic E-state index is 6.43. The average molecular weight is 383 g/mol. The maximum atomic E-state index is 6.43. The van der Waals surface area contributed by atoms with Crippen molar-refractivity contribution in [3.63, 3.8) is 0 Å². The van der Waals surface area contributed by atoms with Crippen LogP contribution in [0, 0.1) is 0 Å². The number of hydrogen-bond donors (Lipinski definition) is 1. The van der Waals surface area contributed by atoms with Gasteiger partial charge < -0.3 is 10.5 Å². The van der Waals surface area contributed by atoms with E-state index < -0.39 is 0 Å². The summed E-state index contributed by atoms with van der Waals surface area (Å²) in [5.41, 5.74) is 9.76. The molecule has 0 saturated heterocycles. The molecule has 0 aromatic heterocycles. The van der Waals surface area contributed by atoms with Crippen molar-refractivity contribution in [3.8, 4) is 5.75 Å². The predicted molar refractivity (Wildman–Crippen MR) is 83.5 cm³/mol. The van der Waals surface area contributed by atoms with Crippen LogP contribution in [-0.4, -0.2) is 6.61 Å². The van der Waals surface area contributed by atoms with Gasteiger partial charge in [0.1, 0.15) is 5.75 Å². The Morgan fingerprint density at radius 1 is 1.11 bits per heavy atom. The highest BCUT2D eigenvalue weighted by Crippen LogP contribution is 2.39. The Labute approximate surface area is 129 Å². The number of rotatable bonds is 2. The molecular formula is C15H13Br2NO. The normalized spacial score (nSPS) is 14.9. The van der Waals surface area contributed by atoms with Crippen LogP contribution in [0.4, 0.5) is 0 Å². The molecule has 1 atom stereocenters. The average Bonchev–Trinajstić information content (AvgIpc) is 2.85. The smallest absolute Gasteiger partial charge is 0.127 e. The van der Waals surface area contributed by atoms with Crippen LogP contribution in [0.5, 0.6) is 5.75 Å². The molecule has 2 nitrogen and oxygen atoms in total. The summed E-state index contributed by atoms with van der Waals surface area (Å²) in [6, 6.07) is 12.0. The van der Waals surface area contributed by atoms with Crippen molar-refractivity contribution in [2.45, 2.75) is 12.5 Å². The minimum absolute atomic E-state index is 0.195. The predicted octanol–water partition coefficient (Wildman–Crippen LogP) is 4.19. The molecule has 1 unspecified atom stereocenters. The molecule has 19 heavy (non-hydrogen) atoms. The van der Waals surface area contributed by atoms with Gasteiger partial charge in [0.25, 0.3) is 0 Å². The first-order valence-electron chi connectivity index (χ1n) is 6.12. The third-order valence-electron chi connectivity index (χ3n) is 3.35. The second-order valence-electron chi connectivity index (χ2n) is 4.58. The quantitative estimate of drug-likeness (QED) is 0.844. The van der Waals surface area contributed by atoms with Crippen molar-refractivity contribution in [2.75, 3.05) is 6.61 Å². The van der Waals surface area contributed by atoms with Crippen molar-refractivity contribution < 1.29 is 4.74 Å². The molecule has 1 aliphatic heterocycles. The number of nitrogens with two attached hydrogens (primary N) is 1. The van der Waals surface area contributed by atoms with Crippen molar-refractivity contribution in [2.24, 2.45) is 5.73 Å². The molecule has 2 aromatic rings. The first-order chi connectivity index (χ1) is 9.16. The minimum atomic E-state index is -0.195. The molecule has 4 heteroatoms. The Hall–Kier alpha value is -0.840. The lowest BCUT2D eigenvalue weighted by atomic mass is 9.97. The fraction of sp³-hybridized carbons (Fsp3) is 0.200. The monoisotopic (exact) mass is 381 g/mol. The standard InChI is InChI=1S/C15H13Br2NO/c16-10-7-9-5-6-19-15(9)12(8-10)14(18)11-3-1-2-4-13(11)17/h1-4,7-8,14H,5-6,18H2. The highest BCUT2D eigenvalue weighted by molar-refractivity contribution is 9.10. The SMILES string of the molecule is NC(c1ccccc1Br)c1cc(Br)cc2c1OCC2. The van der Waals surface area contributed by atoms with Gasteiger partial charge in [-0.3, -0.25) is 0 Å². The molecule has 0 saturated carbocycles. The van der Waals surface area contributed by atoms with E-state index in [1.54, 1.807) is 0 Å². The van der Waals surface area contributed by atoms with Crippen molar-refractivity contribution in [3.05, 3.63) is 62.0 Å². The summed E-state index contributed by atoms with van der Waals surface area (Å²) in [6.45, 7) is 0.738. The lowest BCUT2D eigenvalue weighted by molar-refractivity contribution is 0.352. The largest absolute Gasteiger partial charge is 0.493 e. The van der Waals surface area contributed by atoms with Crippen LogP contribution in [-0.2, 0) is 6.42 Å². The Balaban J connectivity index is 2.10. The lowest BCUT2D eigenvalue weighted by Gasteiger charge is -2.17. The van der Waals surface area contributed by atoms with Gasteiger partial charge in [0, 0.05) is 20.9 Å². The zero-order valence-corrected chi connectivity index (χ0v) is 13.4. The van der Waals surface area contributed by atoms with Gasteiger partial charge in [-0.15, -0.1) is 0 Å². The summed E-state index contributed by atoms with van der Waals surface area (Å²) in [5, 5.41) is 0. The number of benzene rings is 2. The van der Waals surface area contributed by atoms with Gasteiger partial charge in [-0.1, -0.05) is 50.1 Å². The zero-order chi connectivity index (χ0) is 13.4. The molecule has 0 amide bonds. The fourth-order valence-electron chi connectivity index (χ4n) is 2.42. The Kier molecular flexibility index (Phi) is 3.65. The number of halogens is 2. The highest BCUT2D eigenvalue weighted by atomic mass is 79.9. The first kappa shape index (κ1) is 13.2. The van der Waals surface area contributed by atoms with E-state index in [0.717, 1.165) is 38.8 Å². The van der Waals surface area contributed by atoms with Crippen LogP contribution in [0.25, 0.3) is 0 Å². The van der Waals surface area contributed by atoms with E-state index in [0.29, 0.717) is 0 Å². The zero-order valence-electron chi connectivity index (χ0n) is 10.2. The van der Waals surface area contributed by atoms with Crippen molar-refractivity contribution in [1.82, 2.24) is 0 Å². The van der Waals surface area contributed by atoms with Gasteiger partial charge >= 0.3 is 0 Å². The third kappa shape index (κ3) is 2.45. The lowest BCUT2D eigenvalue weighted by Crippen LogP contribution is -2.13. The van der Waals surface area contributed by atoms with Crippen LogP contribution < -0.4 is 10.5 Å². The van der Waals surface area contributed by atoms with Crippen LogP contribution >= 0.6 is 31.9 Å². The molecule has 0 fully saturated rings. The van der Waals surface area contributed by atoms with E-state index >= 15 is 0 Å². The number of ether oxygens (including phenoxy) is 1. The number of fused-ring (bicyclic) bond motifs is 1. The summed E-state index contributed by atoms with van der Waals surface area (Å²) < 4.78 is 7.82. The van der Waals surface area contributed by atoms with E-state index in [9.17, 15) is 0 Å². The van der Waals surface area contributed by atoms with Crippen LogP contribution in [0.2, 0.25) is 0 Å². The van der Waals surface area contributed by atoms with Gasteiger partial charge in [0.15, 0.2) is 0 Å². The second kappa shape index (κ2) is 5.27. The van der Waals surface area contributed by atoms with Gasteiger partial charge in [0.2, 0.25) is 0 Å². The molecule has 2 N–H and O–H groups in total. The van der Waals surface area contributed by atoms with E-state index in [1.807, 2.05) is 30.3 Å². The molecular weight excluding hydrogens is 370 g/mol. The summed E-state index contributed by atoms with van der Waals surface area (Å²) in [6.07, 6.45) is 0.949. The van der Waals surface area contributed by atoms with E-state index in [2.05, 4.69) is 37.9 Å². The van der Waals surface area contributed by atoms with Crippen LogP contribution in [0.1, 0.15) is 22.7 Å². The molecule has 98 valence electrons. The summed E-state index contributed by atoms with van der Waals surface area (Å²) in [5.74, 6) is 0.950. The molecule has 1 aliphatic rings. The van der Waals surface area contributed by atoms with E-state index in [1.165, 1.54) is 5.56 Å². The van der Waals surface area contributed by atoms with Gasteiger partial charge in [-0.05, 0) is 29.3 Å². The Morgan fingerprint density at radius 3 is 2.68 bits per heavy atom. The number of hydrogen-bond acceptors (Lipinski definition) is 2. The molecule has 0 radical (unpaired) electrons. The van der Waals surface area contributed by atoms with Gasteiger partial charge in [-0.2, -0.15) is 0 Å². The van der Waals surface area contributed by atoms with Gasteiger partial charge in [-0.25, -0.2) is 0 Å². The minimum Gasteiger partial charge on any atom is -0.493 e. The topological polar surface area (TPSA) is 35.2 Å². The molecule has 0 bridgehead atoms.